The smallest absolute Gasteiger partial charge is 0.416 e. The van der Waals surface area contributed by atoms with Gasteiger partial charge in [-0.1, -0.05) is 0 Å². The van der Waals surface area contributed by atoms with Gasteiger partial charge in [0.25, 0.3) is 0 Å². The predicted octanol–water partition coefficient (Wildman–Crippen LogP) is 2.01. The number of hydrogen-bond donors (Lipinski definition) is 1. The topological polar surface area (TPSA) is 88.2 Å². The zero-order chi connectivity index (χ0) is 18.1. The van der Waals surface area contributed by atoms with Crippen LogP contribution in [0, 0.1) is 0 Å². The first kappa shape index (κ1) is 17.1. The molecule has 0 spiro atoms. The number of rotatable bonds is 3. The molecule has 1 aromatic rings. The molecule has 1 saturated heterocycles. The van der Waals surface area contributed by atoms with Crippen LogP contribution in [0.3, 0.4) is 0 Å². The van der Waals surface area contributed by atoms with E-state index in [0.717, 1.165) is 11.3 Å². The number of aryl methyl sites for hydroxylation is 1. The average molecular weight is 347 g/mol. The fourth-order valence-electron chi connectivity index (χ4n) is 3.27. The van der Waals surface area contributed by atoms with E-state index < -0.39 is 24.5 Å². The predicted molar refractivity (Wildman–Crippen MR) is 90.5 cm³/mol. The number of alkyl carbamates (subject to hydrolysis) is 1. The Morgan fingerprint density at radius 1 is 1.36 bits per heavy atom. The number of cyclic esters (lactones) is 1. The Morgan fingerprint density at radius 2 is 2.12 bits per heavy atom. The molecule has 25 heavy (non-hydrogen) atoms. The van der Waals surface area contributed by atoms with Crippen molar-refractivity contribution in [1.82, 2.24) is 5.32 Å². The number of anilines is 2. The summed E-state index contributed by atoms with van der Waals surface area (Å²) < 4.78 is 9.78. The highest BCUT2D eigenvalue weighted by Crippen LogP contribution is 2.34. The number of hydrogen-bond acceptors (Lipinski definition) is 5. The lowest BCUT2D eigenvalue weighted by molar-refractivity contribution is -0.118. The van der Waals surface area contributed by atoms with Crippen LogP contribution in [0.2, 0.25) is 0 Å². The highest BCUT2D eigenvalue weighted by molar-refractivity contribution is 5.97. The van der Waals surface area contributed by atoms with Gasteiger partial charge in [0, 0.05) is 24.3 Å². The molecule has 1 N–H and O–H groups in total. The van der Waals surface area contributed by atoms with Crippen molar-refractivity contribution in [2.45, 2.75) is 39.0 Å². The van der Waals surface area contributed by atoms with Gasteiger partial charge in [0.15, 0.2) is 0 Å². The number of nitrogens with zero attached hydrogens (tertiary/aromatic N) is 2. The Labute approximate surface area is 145 Å². The van der Waals surface area contributed by atoms with E-state index in [2.05, 4.69) is 10.1 Å². The maximum atomic E-state index is 12.3. The molecule has 1 fully saturated rings. The molecule has 3 rings (SSSR count). The number of carbonyl (C=O) groups excluding carboxylic acids is 3. The van der Waals surface area contributed by atoms with Crippen LogP contribution in [0.5, 0.6) is 0 Å². The third-order valence-corrected chi connectivity index (χ3v) is 4.57. The summed E-state index contributed by atoms with van der Waals surface area (Å²) in [6, 6.07) is 5.16. The van der Waals surface area contributed by atoms with Gasteiger partial charge in [-0.25, -0.2) is 9.59 Å². The zero-order valence-electron chi connectivity index (χ0n) is 14.4. The second-order valence-electron chi connectivity index (χ2n) is 6.00. The van der Waals surface area contributed by atoms with Crippen LogP contribution in [0.15, 0.2) is 18.2 Å². The van der Waals surface area contributed by atoms with E-state index in [1.165, 1.54) is 12.0 Å². The third-order valence-electron chi connectivity index (χ3n) is 4.57. The highest BCUT2D eigenvalue weighted by Gasteiger charge is 2.41. The van der Waals surface area contributed by atoms with Gasteiger partial charge in [0.2, 0.25) is 12.1 Å². The second kappa shape index (κ2) is 6.62. The zero-order valence-corrected chi connectivity index (χ0v) is 14.4. The molecule has 1 unspecified atom stereocenters. The molecule has 2 atom stereocenters. The summed E-state index contributed by atoms with van der Waals surface area (Å²) in [4.78, 5) is 38.9. The molecule has 0 aliphatic carbocycles. The van der Waals surface area contributed by atoms with E-state index in [9.17, 15) is 14.4 Å². The first-order valence-corrected chi connectivity index (χ1v) is 8.24. The van der Waals surface area contributed by atoms with Crippen LogP contribution in [0.4, 0.5) is 21.0 Å². The number of benzene rings is 1. The van der Waals surface area contributed by atoms with Gasteiger partial charge in [-0.05, 0) is 44.0 Å². The first-order valence-electron chi connectivity index (χ1n) is 8.24. The van der Waals surface area contributed by atoms with Crippen LogP contribution >= 0.6 is 0 Å². The SMILES string of the molecule is CCN1C(=O)CCc2cc(N3C(=O)O[C@H](NC(=O)OC)C3C)ccc21. The summed E-state index contributed by atoms with van der Waals surface area (Å²) in [5.41, 5.74) is 2.58. The Balaban J connectivity index is 1.86. The van der Waals surface area contributed by atoms with E-state index in [4.69, 9.17) is 4.74 Å². The molecular formula is C17H21N3O5. The van der Waals surface area contributed by atoms with Gasteiger partial charge in [0.1, 0.15) is 0 Å². The van der Waals surface area contributed by atoms with E-state index in [-0.39, 0.29) is 5.91 Å². The second-order valence-corrected chi connectivity index (χ2v) is 6.00. The molecule has 134 valence electrons. The van der Waals surface area contributed by atoms with Crippen molar-refractivity contribution in [3.05, 3.63) is 23.8 Å². The molecule has 2 aliphatic rings. The van der Waals surface area contributed by atoms with Crippen LogP contribution in [0.25, 0.3) is 0 Å². The van der Waals surface area contributed by atoms with E-state index in [0.29, 0.717) is 25.1 Å². The van der Waals surface area contributed by atoms with Crippen molar-refractivity contribution >= 4 is 29.5 Å². The fraction of sp³-hybridized carbons (Fsp3) is 0.471. The van der Waals surface area contributed by atoms with Crippen molar-refractivity contribution in [2.75, 3.05) is 23.5 Å². The van der Waals surface area contributed by atoms with Gasteiger partial charge in [-0.2, -0.15) is 0 Å². The monoisotopic (exact) mass is 347 g/mol. The van der Waals surface area contributed by atoms with E-state index in [1.807, 2.05) is 19.1 Å². The molecule has 3 amide bonds. The van der Waals surface area contributed by atoms with Gasteiger partial charge < -0.3 is 14.4 Å². The van der Waals surface area contributed by atoms with E-state index in [1.54, 1.807) is 17.9 Å². The van der Waals surface area contributed by atoms with Crippen LogP contribution < -0.4 is 15.1 Å². The van der Waals surface area contributed by atoms with Gasteiger partial charge in [0.05, 0.1) is 13.2 Å². The lowest BCUT2D eigenvalue weighted by Gasteiger charge is -2.30. The van der Waals surface area contributed by atoms with Gasteiger partial charge >= 0.3 is 12.2 Å². The first-order chi connectivity index (χ1) is 12.0. The minimum Gasteiger partial charge on any atom is -0.453 e. The van der Waals surface area contributed by atoms with Crippen molar-refractivity contribution in [3.8, 4) is 0 Å². The molecule has 0 bridgehead atoms. The van der Waals surface area contributed by atoms with Crippen molar-refractivity contribution in [3.63, 3.8) is 0 Å². The number of nitrogens with one attached hydrogen (secondary N) is 1. The quantitative estimate of drug-likeness (QED) is 0.904. The summed E-state index contributed by atoms with van der Waals surface area (Å²) in [5, 5.41) is 2.49. The number of amides is 3. The Morgan fingerprint density at radius 3 is 2.80 bits per heavy atom. The van der Waals surface area contributed by atoms with Gasteiger partial charge in [-0.15, -0.1) is 0 Å². The molecule has 2 aliphatic heterocycles. The molecular weight excluding hydrogens is 326 g/mol. The maximum Gasteiger partial charge on any atom is 0.416 e. The third kappa shape index (κ3) is 2.99. The van der Waals surface area contributed by atoms with E-state index >= 15 is 0 Å². The summed E-state index contributed by atoms with van der Waals surface area (Å²) in [6.07, 6.45) is -0.886. The molecule has 8 heteroatoms. The Kier molecular flexibility index (Phi) is 4.52. The van der Waals surface area contributed by atoms with Crippen LogP contribution in [-0.4, -0.2) is 44.0 Å². The van der Waals surface area contributed by atoms with Crippen LogP contribution in [-0.2, 0) is 20.7 Å². The highest BCUT2D eigenvalue weighted by atomic mass is 16.6. The minimum atomic E-state index is -0.787. The minimum absolute atomic E-state index is 0.110. The summed E-state index contributed by atoms with van der Waals surface area (Å²) in [6.45, 7) is 4.33. The molecule has 0 radical (unpaired) electrons. The van der Waals surface area contributed by atoms with Crippen molar-refractivity contribution in [1.29, 1.82) is 0 Å². The number of ether oxygens (including phenoxy) is 2. The average Bonchev–Trinajstić information content (AvgIpc) is 2.88. The largest absolute Gasteiger partial charge is 0.453 e. The van der Waals surface area contributed by atoms with Crippen molar-refractivity contribution in [2.24, 2.45) is 0 Å². The number of fused-ring (bicyclic) bond motifs is 1. The summed E-state index contributed by atoms with van der Waals surface area (Å²) in [7, 11) is 1.25. The summed E-state index contributed by atoms with van der Waals surface area (Å²) >= 11 is 0. The van der Waals surface area contributed by atoms with Crippen LogP contribution in [0.1, 0.15) is 25.8 Å². The molecule has 8 nitrogen and oxygen atoms in total. The lowest BCUT2D eigenvalue weighted by atomic mass is 10.00. The standard InChI is InChI=1S/C17H21N3O5/c1-4-19-13-7-6-12(9-11(13)5-8-14(19)21)20-10(2)15(25-17(20)23)18-16(22)24-3/h6-7,9-10,15H,4-5,8H2,1-3H3,(H,18,22)/t10?,15-/m0/s1. The molecule has 1 aromatic carbocycles. The molecule has 2 heterocycles. The summed E-state index contributed by atoms with van der Waals surface area (Å²) in [5.74, 6) is 0.110. The normalized spacial score (nSPS) is 22.5. The van der Waals surface area contributed by atoms with Crippen molar-refractivity contribution < 1.29 is 23.9 Å². The number of methoxy groups -OCH3 is 1. The molecule has 0 saturated carbocycles. The maximum absolute atomic E-state index is 12.3. The van der Waals surface area contributed by atoms with Gasteiger partial charge in [-0.3, -0.25) is 15.0 Å². The molecule has 0 aromatic heterocycles. The number of carbonyl (C=O) groups is 3. The Bertz CT molecular complexity index is 720. The fourth-order valence-corrected chi connectivity index (χ4v) is 3.27. The Hall–Kier alpha value is -2.77. The lowest BCUT2D eigenvalue weighted by Crippen LogP contribution is -2.44.